The van der Waals surface area contributed by atoms with E-state index in [-0.39, 0.29) is 17.8 Å². The molecule has 5 N–H and O–H groups in total. The standard InChI is InChI=1S/C9H14N2O/c1-6(10)9(11)7-2-4-8(12)5-3-7/h2-6,9,12H,10-11H2,1H3/t6-,9-/m0/s1. The molecule has 0 amide bonds. The summed E-state index contributed by atoms with van der Waals surface area (Å²) in [6.07, 6.45) is 0. The normalized spacial score (nSPS) is 15.6. The maximum atomic E-state index is 9.00. The van der Waals surface area contributed by atoms with Crippen LogP contribution in [0.25, 0.3) is 0 Å². The second kappa shape index (κ2) is 3.56. The molecule has 12 heavy (non-hydrogen) atoms. The molecule has 1 aromatic rings. The number of rotatable bonds is 2. The predicted molar refractivity (Wildman–Crippen MR) is 48.7 cm³/mol. The molecule has 0 aliphatic rings. The molecule has 0 saturated carbocycles. The third kappa shape index (κ3) is 1.96. The number of hydrogen-bond donors (Lipinski definition) is 3. The van der Waals surface area contributed by atoms with Crippen molar-refractivity contribution < 1.29 is 5.11 Å². The molecule has 0 aromatic heterocycles. The molecule has 0 aliphatic heterocycles. The quantitative estimate of drug-likeness (QED) is 0.606. The van der Waals surface area contributed by atoms with Crippen LogP contribution in [0.1, 0.15) is 18.5 Å². The smallest absolute Gasteiger partial charge is 0.115 e. The van der Waals surface area contributed by atoms with E-state index in [0.29, 0.717) is 0 Å². The minimum Gasteiger partial charge on any atom is -0.508 e. The van der Waals surface area contributed by atoms with Gasteiger partial charge in [-0.3, -0.25) is 0 Å². The maximum absolute atomic E-state index is 9.00. The van der Waals surface area contributed by atoms with Crippen LogP contribution in [0.3, 0.4) is 0 Å². The van der Waals surface area contributed by atoms with E-state index >= 15 is 0 Å². The predicted octanol–water partition coefficient (Wildman–Crippen LogP) is 0.739. The lowest BCUT2D eigenvalue weighted by molar-refractivity contribution is 0.474. The SMILES string of the molecule is C[C@H](N)[C@H](N)c1ccc(O)cc1. The highest BCUT2D eigenvalue weighted by atomic mass is 16.3. The van der Waals surface area contributed by atoms with Gasteiger partial charge in [0.25, 0.3) is 0 Å². The molecule has 66 valence electrons. The highest BCUT2D eigenvalue weighted by Gasteiger charge is 2.09. The molecule has 1 aromatic carbocycles. The van der Waals surface area contributed by atoms with Gasteiger partial charge in [0.2, 0.25) is 0 Å². The van der Waals surface area contributed by atoms with E-state index in [0.717, 1.165) is 5.56 Å². The molecule has 0 saturated heterocycles. The van der Waals surface area contributed by atoms with Crippen LogP contribution in [0.5, 0.6) is 5.75 Å². The van der Waals surface area contributed by atoms with E-state index in [1.54, 1.807) is 24.3 Å². The fourth-order valence-corrected chi connectivity index (χ4v) is 1.00. The summed E-state index contributed by atoms with van der Waals surface area (Å²) in [5.74, 6) is 0.246. The average Bonchev–Trinajstić information content (AvgIpc) is 2.04. The first kappa shape index (κ1) is 9.03. The molecular formula is C9H14N2O. The van der Waals surface area contributed by atoms with Crippen LogP contribution < -0.4 is 11.5 Å². The van der Waals surface area contributed by atoms with Crippen molar-refractivity contribution in [2.45, 2.75) is 19.0 Å². The van der Waals surface area contributed by atoms with E-state index in [1.165, 1.54) is 0 Å². The summed E-state index contributed by atoms with van der Waals surface area (Å²) in [7, 11) is 0. The lowest BCUT2D eigenvalue weighted by Gasteiger charge is -2.15. The van der Waals surface area contributed by atoms with Crippen molar-refractivity contribution in [2.24, 2.45) is 11.5 Å². The summed E-state index contributed by atoms with van der Waals surface area (Å²) in [5.41, 5.74) is 12.3. The van der Waals surface area contributed by atoms with Gasteiger partial charge in [-0.2, -0.15) is 0 Å². The van der Waals surface area contributed by atoms with Gasteiger partial charge in [-0.15, -0.1) is 0 Å². The minimum absolute atomic E-state index is 0.0745. The third-order valence-corrected chi connectivity index (χ3v) is 1.84. The Morgan fingerprint density at radius 3 is 2.08 bits per heavy atom. The van der Waals surface area contributed by atoms with Crippen molar-refractivity contribution in [1.82, 2.24) is 0 Å². The first-order valence-electron chi connectivity index (χ1n) is 3.91. The number of phenolic OH excluding ortho intramolecular Hbond substituents is 1. The summed E-state index contributed by atoms with van der Waals surface area (Å²) in [6, 6.07) is 6.54. The zero-order valence-electron chi connectivity index (χ0n) is 7.07. The van der Waals surface area contributed by atoms with Crippen molar-refractivity contribution in [3.63, 3.8) is 0 Å². The number of hydrogen-bond acceptors (Lipinski definition) is 3. The summed E-state index contributed by atoms with van der Waals surface area (Å²) < 4.78 is 0. The Hall–Kier alpha value is -1.06. The fraction of sp³-hybridized carbons (Fsp3) is 0.333. The molecular weight excluding hydrogens is 152 g/mol. The average molecular weight is 166 g/mol. The van der Waals surface area contributed by atoms with E-state index in [4.69, 9.17) is 16.6 Å². The molecule has 0 heterocycles. The lowest BCUT2D eigenvalue weighted by Crippen LogP contribution is -2.30. The van der Waals surface area contributed by atoms with Gasteiger partial charge < -0.3 is 16.6 Å². The number of benzene rings is 1. The number of aromatic hydroxyl groups is 1. The van der Waals surface area contributed by atoms with Gasteiger partial charge in [0, 0.05) is 12.1 Å². The summed E-state index contributed by atoms with van der Waals surface area (Å²) in [4.78, 5) is 0. The van der Waals surface area contributed by atoms with Gasteiger partial charge in [-0.25, -0.2) is 0 Å². The third-order valence-electron chi connectivity index (χ3n) is 1.84. The zero-order chi connectivity index (χ0) is 9.14. The Balaban J connectivity index is 2.82. The van der Waals surface area contributed by atoms with Gasteiger partial charge >= 0.3 is 0 Å². The zero-order valence-corrected chi connectivity index (χ0v) is 7.07. The van der Waals surface area contributed by atoms with Crippen LogP contribution in [0, 0.1) is 0 Å². The molecule has 0 bridgehead atoms. The number of nitrogens with two attached hydrogens (primary N) is 2. The van der Waals surface area contributed by atoms with E-state index in [9.17, 15) is 0 Å². The molecule has 0 fully saturated rings. The topological polar surface area (TPSA) is 72.3 Å². The first-order chi connectivity index (χ1) is 5.61. The van der Waals surface area contributed by atoms with Crippen molar-refractivity contribution in [1.29, 1.82) is 0 Å². The van der Waals surface area contributed by atoms with Crippen molar-refractivity contribution in [3.8, 4) is 5.75 Å². The lowest BCUT2D eigenvalue weighted by atomic mass is 10.0. The van der Waals surface area contributed by atoms with Gasteiger partial charge in [0.05, 0.1) is 0 Å². The monoisotopic (exact) mass is 166 g/mol. The fourth-order valence-electron chi connectivity index (χ4n) is 1.00. The van der Waals surface area contributed by atoms with Gasteiger partial charge in [0.15, 0.2) is 0 Å². The molecule has 3 nitrogen and oxygen atoms in total. The Kier molecular flexibility index (Phi) is 2.68. The van der Waals surface area contributed by atoms with Gasteiger partial charge in [-0.05, 0) is 24.6 Å². The Labute approximate surface area is 72.0 Å². The molecule has 0 unspecified atom stereocenters. The van der Waals surface area contributed by atoms with Crippen LogP contribution >= 0.6 is 0 Å². The second-order valence-electron chi connectivity index (χ2n) is 2.98. The molecule has 0 radical (unpaired) electrons. The largest absolute Gasteiger partial charge is 0.508 e. The van der Waals surface area contributed by atoms with E-state index in [2.05, 4.69) is 0 Å². The van der Waals surface area contributed by atoms with E-state index < -0.39 is 0 Å². The Morgan fingerprint density at radius 1 is 1.17 bits per heavy atom. The van der Waals surface area contributed by atoms with Gasteiger partial charge in [-0.1, -0.05) is 12.1 Å². The van der Waals surface area contributed by atoms with Crippen molar-refractivity contribution in [3.05, 3.63) is 29.8 Å². The van der Waals surface area contributed by atoms with Crippen LogP contribution in [0.15, 0.2) is 24.3 Å². The van der Waals surface area contributed by atoms with Crippen LogP contribution in [-0.4, -0.2) is 11.1 Å². The van der Waals surface area contributed by atoms with Crippen LogP contribution in [0.4, 0.5) is 0 Å². The highest BCUT2D eigenvalue weighted by molar-refractivity contribution is 5.28. The minimum atomic E-state index is -0.161. The van der Waals surface area contributed by atoms with Crippen LogP contribution in [-0.2, 0) is 0 Å². The second-order valence-corrected chi connectivity index (χ2v) is 2.98. The first-order valence-corrected chi connectivity index (χ1v) is 3.91. The van der Waals surface area contributed by atoms with E-state index in [1.807, 2.05) is 6.92 Å². The maximum Gasteiger partial charge on any atom is 0.115 e. The summed E-state index contributed by atoms with van der Waals surface area (Å²) >= 11 is 0. The van der Waals surface area contributed by atoms with Crippen molar-refractivity contribution >= 4 is 0 Å². The Bertz CT molecular complexity index is 243. The van der Waals surface area contributed by atoms with Crippen LogP contribution in [0.2, 0.25) is 0 Å². The molecule has 0 spiro atoms. The van der Waals surface area contributed by atoms with Gasteiger partial charge in [0.1, 0.15) is 5.75 Å². The summed E-state index contributed by atoms with van der Waals surface area (Å²) in [6.45, 7) is 1.86. The molecule has 3 heteroatoms. The molecule has 1 rings (SSSR count). The van der Waals surface area contributed by atoms with Crippen molar-refractivity contribution in [2.75, 3.05) is 0 Å². The highest BCUT2D eigenvalue weighted by Crippen LogP contribution is 2.16. The Morgan fingerprint density at radius 2 is 1.67 bits per heavy atom. The summed E-state index contributed by atoms with van der Waals surface area (Å²) in [5, 5.41) is 9.00. The molecule has 2 atom stereocenters. The number of phenols is 1. The molecule has 0 aliphatic carbocycles.